The number of H-pyrrole nitrogens is 1. The number of aromatic amines is 1. The van der Waals surface area contributed by atoms with Crippen molar-refractivity contribution < 1.29 is 23.9 Å². The van der Waals surface area contributed by atoms with Crippen LogP contribution in [-0.2, 0) is 20.8 Å². The van der Waals surface area contributed by atoms with E-state index in [1.165, 1.54) is 6.33 Å². The van der Waals surface area contributed by atoms with Gasteiger partial charge in [-0.25, -0.2) is 4.98 Å². The highest BCUT2D eigenvalue weighted by atomic mass is 16.5. The molecule has 0 radical (unpaired) electrons. The molecule has 1 saturated heterocycles. The first-order valence-electron chi connectivity index (χ1n) is 15.1. The van der Waals surface area contributed by atoms with Crippen LogP contribution < -0.4 is 26.0 Å². The molecule has 0 unspecified atom stereocenters. The van der Waals surface area contributed by atoms with Crippen molar-refractivity contribution in [3.8, 4) is 5.75 Å². The Kier molecular flexibility index (Phi) is 10.6. The summed E-state index contributed by atoms with van der Waals surface area (Å²) in [6.07, 6.45) is 6.06. The van der Waals surface area contributed by atoms with E-state index < -0.39 is 11.9 Å². The summed E-state index contributed by atoms with van der Waals surface area (Å²) in [6.45, 7) is 1.06. The van der Waals surface area contributed by atoms with E-state index in [0.29, 0.717) is 49.4 Å². The summed E-state index contributed by atoms with van der Waals surface area (Å²) >= 11 is 0. The molecule has 0 aliphatic carbocycles. The van der Waals surface area contributed by atoms with Crippen molar-refractivity contribution in [3.05, 3.63) is 83.9 Å². The Hall–Kier alpha value is -4.71. The van der Waals surface area contributed by atoms with E-state index in [9.17, 15) is 19.2 Å². The molecule has 12 heteroatoms. The average molecular weight is 602 g/mol. The average Bonchev–Trinajstić information content (AvgIpc) is 3.75. The maximum atomic E-state index is 13.6. The number of hydrogen-bond acceptors (Lipinski definition) is 7. The van der Waals surface area contributed by atoms with Gasteiger partial charge < -0.3 is 30.6 Å². The van der Waals surface area contributed by atoms with E-state index in [4.69, 9.17) is 4.74 Å². The van der Waals surface area contributed by atoms with Gasteiger partial charge in [0.25, 0.3) is 5.91 Å². The van der Waals surface area contributed by atoms with Crippen LogP contribution in [0.4, 0.5) is 0 Å². The van der Waals surface area contributed by atoms with Gasteiger partial charge in [-0.2, -0.15) is 0 Å². The van der Waals surface area contributed by atoms with E-state index >= 15 is 0 Å². The Bertz CT molecular complexity index is 1420. The van der Waals surface area contributed by atoms with Gasteiger partial charge in [0.1, 0.15) is 18.4 Å². The highest BCUT2D eigenvalue weighted by molar-refractivity contribution is 5.98. The Morgan fingerprint density at radius 1 is 0.977 bits per heavy atom. The molecule has 232 valence electrons. The molecule has 3 heterocycles. The SMILES string of the molecule is O=C1CN(C(=O)[C@H]2CC[C@H](c3ccccc3)N2)CCCCNC(=O)[C@H](Cc2cnc[nH]2)NC(=O)c2cccc(c2)OCCN1. The fourth-order valence-electron chi connectivity index (χ4n) is 5.52. The smallest absolute Gasteiger partial charge is 0.252 e. The van der Waals surface area contributed by atoms with Crippen LogP contribution in [0.5, 0.6) is 5.75 Å². The predicted octanol–water partition coefficient (Wildman–Crippen LogP) is 1.48. The highest BCUT2D eigenvalue weighted by Gasteiger charge is 2.33. The zero-order valence-electron chi connectivity index (χ0n) is 24.6. The molecule has 2 aromatic carbocycles. The molecule has 1 aromatic heterocycles. The largest absolute Gasteiger partial charge is 0.492 e. The first-order chi connectivity index (χ1) is 21.5. The first kappa shape index (κ1) is 30.7. The van der Waals surface area contributed by atoms with Crippen LogP contribution in [0.3, 0.4) is 0 Å². The third-order valence-electron chi connectivity index (χ3n) is 7.84. The number of carbonyl (C=O) groups excluding carboxylic acids is 4. The number of ether oxygens (including phenoxy) is 1. The standard InChI is InChI=1S/C32H39N7O5/c40-29-20-39(32(43)27-12-11-26(37-27)22-7-2-1-3-8-22)15-5-4-13-35-31(42)28(18-24-19-33-21-36-24)38-30(41)23-9-6-10-25(17-23)44-16-14-34-29/h1-3,6-10,17,19,21,26-28,37H,4-5,11-16,18,20H2,(H,33,36)(H,34,40)(H,35,42)(H,38,41)/t26-,27-,28+/m1/s1. The molecule has 2 aliphatic rings. The summed E-state index contributed by atoms with van der Waals surface area (Å²) in [5.41, 5.74) is 2.19. The molecule has 5 rings (SSSR count). The molecule has 2 bridgehead atoms. The molecule has 3 aromatic rings. The molecule has 0 saturated carbocycles. The van der Waals surface area contributed by atoms with Gasteiger partial charge in [-0.1, -0.05) is 36.4 Å². The maximum absolute atomic E-state index is 13.6. The third-order valence-corrected chi connectivity index (χ3v) is 7.84. The van der Waals surface area contributed by atoms with Gasteiger partial charge in [0, 0.05) is 43.0 Å². The lowest BCUT2D eigenvalue weighted by Gasteiger charge is -2.26. The van der Waals surface area contributed by atoms with Crippen LogP contribution in [0, 0.1) is 0 Å². The van der Waals surface area contributed by atoms with E-state index in [1.54, 1.807) is 35.4 Å². The maximum Gasteiger partial charge on any atom is 0.252 e. The van der Waals surface area contributed by atoms with Gasteiger partial charge in [-0.05, 0) is 49.4 Å². The fraction of sp³-hybridized carbons (Fsp3) is 0.406. The molecule has 1 fully saturated rings. The van der Waals surface area contributed by atoms with Gasteiger partial charge in [0.2, 0.25) is 17.7 Å². The Balaban J connectivity index is 1.26. The minimum Gasteiger partial charge on any atom is -0.492 e. The van der Waals surface area contributed by atoms with Gasteiger partial charge in [0.05, 0.1) is 25.5 Å². The molecular weight excluding hydrogens is 562 g/mol. The zero-order valence-corrected chi connectivity index (χ0v) is 24.6. The van der Waals surface area contributed by atoms with Crippen molar-refractivity contribution in [2.24, 2.45) is 0 Å². The lowest BCUT2D eigenvalue weighted by Crippen LogP contribution is -2.49. The van der Waals surface area contributed by atoms with E-state index in [2.05, 4.69) is 31.2 Å². The minimum absolute atomic E-state index is 0.0699. The number of imidazole rings is 1. The Labute approximate surface area is 256 Å². The monoisotopic (exact) mass is 601 g/mol. The quantitative estimate of drug-likeness (QED) is 0.303. The number of hydrogen-bond donors (Lipinski definition) is 5. The van der Waals surface area contributed by atoms with E-state index in [1.807, 2.05) is 30.3 Å². The number of rotatable bonds is 4. The van der Waals surface area contributed by atoms with Crippen molar-refractivity contribution in [3.63, 3.8) is 0 Å². The summed E-state index contributed by atoms with van der Waals surface area (Å²) < 4.78 is 5.77. The minimum atomic E-state index is -0.833. The number of aromatic nitrogens is 2. The second kappa shape index (κ2) is 15.1. The van der Waals surface area contributed by atoms with Gasteiger partial charge in [-0.15, -0.1) is 0 Å². The Morgan fingerprint density at radius 3 is 2.66 bits per heavy atom. The molecule has 0 spiro atoms. The van der Waals surface area contributed by atoms with Crippen LogP contribution in [0.15, 0.2) is 67.1 Å². The molecule has 5 N–H and O–H groups in total. The number of amides is 4. The molecule has 4 amide bonds. The van der Waals surface area contributed by atoms with Crippen LogP contribution >= 0.6 is 0 Å². The van der Waals surface area contributed by atoms with E-state index in [0.717, 1.165) is 12.0 Å². The van der Waals surface area contributed by atoms with Crippen LogP contribution in [0.2, 0.25) is 0 Å². The number of nitrogens with one attached hydrogen (secondary N) is 5. The van der Waals surface area contributed by atoms with Crippen molar-refractivity contribution >= 4 is 23.6 Å². The second-order valence-electron chi connectivity index (χ2n) is 11.1. The van der Waals surface area contributed by atoms with E-state index in [-0.39, 0.29) is 55.9 Å². The molecule has 3 atom stereocenters. The summed E-state index contributed by atoms with van der Waals surface area (Å²) in [5, 5.41) is 12.0. The summed E-state index contributed by atoms with van der Waals surface area (Å²) in [5.74, 6) is -0.667. The summed E-state index contributed by atoms with van der Waals surface area (Å²) in [4.78, 5) is 61.3. The van der Waals surface area contributed by atoms with Crippen molar-refractivity contribution in [1.82, 2.24) is 36.1 Å². The van der Waals surface area contributed by atoms with Crippen molar-refractivity contribution in [2.75, 3.05) is 32.8 Å². The van der Waals surface area contributed by atoms with Crippen LogP contribution in [0.25, 0.3) is 0 Å². The summed E-state index contributed by atoms with van der Waals surface area (Å²) in [7, 11) is 0. The fourth-order valence-corrected chi connectivity index (χ4v) is 5.52. The number of carbonyl (C=O) groups is 4. The lowest BCUT2D eigenvalue weighted by atomic mass is 10.1. The molecule has 12 nitrogen and oxygen atoms in total. The number of nitrogens with zero attached hydrogens (tertiary/aromatic N) is 2. The molecule has 2 aliphatic heterocycles. The number of benzene rings is 2. The first-order valence-corrected chi connectivity index (χ1v) is 15.1. The topological polar surface area (TPSA) is 158 Å². The van der Waals surface area contributed by atoms with Crippen LogP contribution in [-0.4, -0.2) is 83.4 Å². The zero-order chi connectivity index (χ0) is 30.7. The predicted molar refractivity (Wildman–Crippen MR) is 163 cm³/mol. The van der Waals surface area contributed by atoms with Crippen molar-refractivity contribution in [1.29, 1.82) is 0 Å². The van der Waals surface area contributed by atoms with Crippen molar-refractivity contribution in [2.45, 2.75) is 50.2 Å². The lowest BCUT2D eigenvalue weighted by molar-refractivity contribution is -0.137. The highest BCUT2D eigenvalue weighted by Crippen LogP contribution is 2.27. The van der Waals surface area contributed by atoms with Crippen LogP contribution in [0.1, 0.15) is 53.3 Å². The summed E-state index contributed by atoms with van der Waals surface area (Å²) in [6, 6.07) is 15.6. The van der Waals surface area contributed by atoms with Gasteiger partial charge >= 0.3 is 0 Å². The van der Waals surface area contributed by atoms with Gasteiger partial charge in [-0.3, -0.25) is 24.5 Å². The Morgan fingerprint density at radius 2 is 1.84 bits per heavy atom. The number of fused-ring (bicyclic) bond motifs is 2. The van der Waals surface area contributed by atoms with Gasteiger partial charge in [0.15, 0.2) is 0 Å². The molecule has 44 heavy (non-hydrogen) atoms. The third kappa shape index (κ3) is 8.44. The molecular formula is C32H39N7O5. The second-order valence-corrected chi connectivity index (χ2v) is 11.1. The normalized spacial score (nSPS) is 22.4.